The first-order valence-electron chi connectivity index (χ1n) is 6.66. The van der Waals surface area contributed by atoms with Gasteiger partial charge in [0.1, 0.15) is 5.75 Å². The maximum absolute atomic E-state index is 10.7. The molecule has 0 radical (unpaired) electrons. The van der Waals surface area contributed by atoms with E-state index < -0.39 is 4.92 Å². The van der Waals surface area contributed by atoms with E-state index in [1.165, 1.54) is 24.0 Å². The number of phenols is 1. The first kappa shape index (κ1) is 16.1. The molecule has 0 aliphatic carbocycles. The largest absolute Gasteiger partial charge is 0.508 e. The molecule has 0 atom stereocenters. The van der Waals surface area contributed by atoms with Gasteiger partial charge in [0.2, 0.25) is 5.16 Å². The third-order valence-corrected chi connectivity index (χ3v) is 4.60. The van der Waals surface area contributed by atoms with Gasteiger partial charge in [-0.05, 0) is 36.6 Å². The monoisotopic (exact) mass is 361 g/mol. The van der Waals surface area contributed by atoms with Crippen LogP contribution in [-0.4, -0.2) is 37.4 Å². The van der Waals surface area contributed by atoms with Crippen LogP contribution in [0, 0.1) is 10.1 Å². The maximum atomic E-state index is 10.7. The standard InChI is InChI=1S/C14H11N5O3S2/c1-23-14-17-16-13(9-2-4-10(20)5-3-9)18(14)15-8-11-6-7-12(24-11)19(21)22/h2-8,20H,1H3/b15-8+. The number of thioether (sulfide) groups is 1. The van der Waals surface area contributed by atoms with E-state index in [0.29, 0.717) is 15.9 Å². The van der Waals surface area contributed by atoms with Crippen molar-refractivity contribution in [3.63, 3.8) is 0 Å². The summed E-state index contributed by atoms with van der Waals surface area (Å²) < 4.78 is 1.56. The van der Waals surface area contributed by atoms with Crippen molar-refractivity contribution in [3.05, 3.63) is 51.4 Å². The molecule has 0 fully saturated rings. The molecule has 0 saturated carbocycles. The lowest BCUT2D eigenvalue weighted by Crippen LogP contribution is -1.95. The van der Waals surface area contributed by atoms with Gasteiger partial charge in [-0.15, -0.1) is 10.2 Å². The number of aromatic nitrogens is 3. The molecular weight excluding hydrogens is 350 g/mol. The Bertz CT molecular complexity index is 902. The molecule has 0 saturated heterocycles. The zero-order valence-electron chi connectivity index (χ0n) is 12.4. The second kappa shape index (κ2) is 6.81. The molecule has 0 aliphatic rings. The van der Waals surface area contributed by atoms with Crippen LogP contribution >= 0.6 is 23.1 Å². The van der Waals surface area contributed by atoms with Crippen LogP contribution in [0.2, 0.25) is 0 Å². The fourth-order valence-electron chi connectivity index (χ4n) is 1.91. The highest BCUT2D eigenvalue weighted by molar-refractivity contribution is 7.98. The van der Waals surface area contributed by atoms with Crippen LogP contribution in [0.4, 0.5) is 5.00 Å². The summed E-state index contributed by atoms with van der Waals surface area (Å²) in [4.78, 5) is 11.0. The summed E-state index contributed by atoms with van der Waals surface area (Å²) in [5, 5.41) is 33.3. The van der Waals surface area contributed by atoms with Crippen molar-refractivity contribution in [3.8, 4) is 17.1 Å². The van der Waals surface area contributed by atoms with Gasteiger partial charge in [0, 0.05) is 11.6 Å². The molecule has 2 aromatic heterocycles. The Labute approximate surface area is 144 Å². The molecular formula is C14H11N5O3S2. The molecule has 1 N–H and O–H groups in total. The summed E-state index contributed by atoms with van der Waals surface area (Å²) in [6, 6.07) is 9.61. The zero-order chi connectivity index (χ0) is 17.1. The van der Waals surface area contributed by atoms with Crippen molar-refractivity contribution in [2.75, 3.05) is 6.26 Å². The van der Waals surface area contributed by atoms with Crippen LogP contribution in [0.1, 0.15) is 4.88 Å². The minimum Gasteiger partial charge on any atom is -0.508 e. The lowest BCUT2D eigenvalue weighted by atomic mass is 10.2. The number of phenolic OH excluding ortho intramolecular Hbond substituents is 1. The molecule has 0 amide bonds. The predicted molar refractivity (Wildman–Crippen MR) is 92.9 cm³/mol. The Balaban J connectivity index is 1.96. The van der Waals surface area contributed by atoms with E-state index in [4.69, 9.17) is 0 Å². The van der Waals surface area contributed by atoms with Crippen LogP contribution < -0.4 is 0 Å². The molecule has 8 nitrogen and oxygen atoms in total. The number of hydrogen-bond donors (Lipinski definition) is 1. The SMILES string of the molecule is CSc1nnc(-c2ccc(O)cc2)n1/N=C/c1ccc([N+](=O)[O-])s1. The van der Waals surface area contributed by atoms with Gasteiger partial charge in [0.05, 0.1) is 16.0 Å². The Morgan fingerprint density at radius 3 is 2.67 bits per heavy atom. The molecule has 1 aromatic carbocycles. The molecule has 10 heteroatoms. The van der Waals surface area contributed by atoms with E-state index in [0.717, 1.165) is 16.9 Å². The maximum Gasteiger partial charge on any atom is 0.324 e. The Morgan fingerprint density at radius 1 is 1.29 bits per heavy atom. The number of rotatable bonds is 5. The summed E-state index contributed by atoms with van der Waals surface area (Å²) in [7, 11) is 0. The number of benzene rings is 1. The van der Waals surface area contributed by atoms with Crippen LogP contribution in [-0.2, 0) is 0 Å². The summed E-state index contributed by atoms with van der Waals surface area (Å²) in [6.07, 6.45) is 3.39. The average molecular weight is 361 g/mol. The van der Waals surface area contributed by atoms with Crippen LogP contribution in [0.25, 0.3) is 11.4 Å². The first-order chi connectivity index (χ1) is 11.6. The Hall–Kier alpha value is -2.72. The highest BCUT2D eigenvalue weighted by Gasteiger charge is 2.13. The average Bonchev–Trinajstić information content (AvgIpc) is 3.20. The van der Waals surface area contributed by atoms with Crippen molar-refractivity contribution in [2.45, 2.75) is 5.16 Å². The van der Waals surface area contributed by atoms with E-state index in [-0.39, 0.29) is 10.8 Å². The zero-order valence-corrected chi connectivity index (χ0v) is 14.0. The van der Waals surface area contributed by atoms with E-state index in [1.54, 1.807) is 35.0 Å². The summed E-state index contributed by atoms with van der Waals surface area (Å²) >= 11 is 2.42. The fourth-order valence-corrected chi connectivity index (χ4v) is 3.03. The van der Waals surface area contributed by atoms with E-state index in [9.17, 15) is 15.2 Å². The van der Waals surface area contributed by atoms with E-state index >= 15 is 0 Å². The van der Waals surface area contributed by atoms with Gasteiger partial charge < -0.3 is 5.11 Å². The van der Waals surface area contributed by atoms with E-state index in [1.807, 2.05) is 6.26 Å². The number of nitrogens with zero attached hydrogens (tertiary/aromatic N) is 5. The molecule has 24 heavy (non-hydrogen) atoms. The molecule has 0 aliphatic heterocycles. The predicted octanol–water partition coefficient (Wildman–Crippen LogP) is 3.22. The van der Waals surface area contributed by atoms with Crippen molar-refractivity contribution in [1.82, 2.24) is 14.9 Å². The third-order valence-electron chi connectivity index (χ3n) is 3.01. The number of aromatic hydroxyl groups is 1. The van der Waals surface area contributed by atoms with Gasteiger partial charge in [0.15, 0.2) is 5.82 Å². The van der Waals surface area contributed by atoms with Gasteiger partial charge >= 0.3 is 5.00 Å². The Morgan fingerprint density at radius 2 is 2.04 bits per heavy atom. The van der Waals surface area contributed by atoms with E-state index in [2.05, 4.69) is 15.3 Å². The van der Waals surface area contributed by atoms with Crippen molar-refractivity contribution < 1.29 is 10.0 Å². The van der Waals surface area contributed by atoms with Crippen LogP contribution in [0.3, 0.4) is 0 Å². The highest BCUT2D eigenvalue weighted by atomic mass is 32.2. The smallest absolute Gasteiger partial charge is 0.324 e. The normalized spacial score (nSPS) is 11.2. The van der Waals surface area contributed by atoms with Crippen molar-refractivity contribution in [2.24, 2.45) is 5.10 Å². The second-order valence-electron chi connectivity index (χ2n) is 4.55. The molecule has 3 aromatic rings. The summed E-state index contributed by atoms with van der Waals surface area (Å²) in [5.41, 5.74) is 0.745. The van der Waals surface area contributed by atoms with Crippen LogP contribution in [0.15, 0.2) is 46.7 Å². The first-order valence-corrected chi connectivity index (χ1v) is 8.70. The molecule has 0 bridgehead atoms. The molecule has 0 spiro atoms. The van der Waals surface area contributed by atoms with Crippen molar-refractivity contribution >= 4 is 34.3 Å². The number of thiophene rings is 1. The van der Waals surface area contributed by atoms with Crippen molar-refractivity contribution in [1.29, 1.82) is 0 Å². The number of hydrogen-bond acceptors (Lipinski definition) is 8. The highest BCUT2D eigenvalue weighted by Crippen LogP contribution is 2.25. The topological polar surface area (TPSA) is 106 Å². The Kier molecular flexibility index (Phi) is 4.58. The van der Waals surface area contributed by atoms with Crippen LogP contribution in [0.5, 0.6) is 5.75 Å². The van der Waals surface area contributed by atoms with Gasteiger partial charge in [-0.3, -0.25) is 10.1 Å². The minimum absolute atomic E-state index is 0.0593. The molecule has 2 heterocycles. The van der Waals surface area contributed by atoms with Gasteiger partial charge in [-0.1, -0.05) is 23.1 Å². The number of nitro groups is 1. The van der Waals surface area contributed by atoms with Gasteiger partial charge in [-0.2, -0.15) is 9.78 Å². The quantitative estimate of drug-likeness (QED) is 0.324. The summed E-state index contributed by atoms with van der Waals surface area (Å²) in [6.45, 7) is 0. The third kappa shape index (κ3) is 3.29. The summed E-state index contributed by atoms with van der Waals surface area (Å²) in [5.74, 6) is 0.672. The van der Waals surface area contributed by atoms with Gasteiger partial charge in [-0.25, -0.2) is 0 Å². The lowest BCUT2D eigenvalue weighted by Gasteiger charge is -2.02. The lowest BCUT2D eigenvalue weighted by molar-refractivity contribution is -0.380. The molecule has 3 rings (SSSR count). The fraction of sp³-hybridized carbons (Fsp3) is 0.0714. The molecule has 122 valence electrons. The van der Waals surface area contributed by atoms with Gasteiger partial charge in [0.25, 0.3) is 0 Å². The minimum atomic E-state index is -0.435. The second-order valence-corrected chi connectivity index (χ2v) is 6.41. The molecule has 0 unspecified atom stereocenters.